The van der Waals surface area contributed by atoms with Crippen LogP contribution < -0.4 is 0 Å². The molecular formula is C14H14O4. The van der Waals surface area contributed by atoms with Crippen LogP contribution in [0.15, 0.2) is 42.7 Å². The molecule has 2 unspecified atom stereocenters. The summed E-state index contributed by atoms with van der Waals surface area (Å²) in [4.78, 5) is 23.8. The summed E-state index contributed by atoms with van der Waals surface area (Å²) in [7, 11) is 1.25. The quantitative estimate of drug-likeness (QED) is 0.591. The zero-order valence-electron chi connectivity index (χ0n) is 10.3. The summed E-state index contributed by atoms with van der Waals surface area (Å²) in [5, 5.41) is 0. The van der Waals surface area contributed by atoms with E-state index in [2.05, 4.69) is 6.58 Å². The number of rotatable bonds is 2. The van der Waals surface area contributed by atoms with Gasteiger partial charge in [-0.2, -0.15) is 0 Å². The predicted molar refractivity (Wildman–Crippen MR) is 64.5 cm³/mol. The van der Waals surface area contributed by atoms with Gasteiger partial charge in [0.25, 0.3) is 0 Å². The monoisotopic (exact) mass is 246 g/mol. The number of esters is 2. The van der Waals surface area contributed by atoms with Crippen molar-refractivity contribution < 1.29 is 19.1 Å². The van der Waals surface area contributed by atoms with Gasteiger partial charge < -0.3 is 9.47 Å². The van der Waals surface area contributed by atoms with E-state index in [0.29, 0.717) is 0 Å². The van der Waals surface area contributed by atoms with Crippen molar-refractivity contribution in [1.82, 2.24) is 0 Å². The summed E-state index contributed by atoms with van der Waals surface area (Å²) in [6.45, 7) is 5.25. The van der Waals surface area contributed by atoms with Crippen LogP contribution in [0.4, 0.5) is 0 Å². The van der Waals surface area contributed by atoms with E-state index in [-0.39, 0.29) is 5.76 Å². The summed E-state index contributed by atoms with van der Waals surface area (Å²) in [5.41, 5.74) is -0.561. The molecule has 0 N–H and O–H groups in total. The highest BCUT2D eigenvalue weighted by Gasteiger charge is 2.58. The fourth-order valence-corrected chi connectivity index (χ4v) is 2.30. The largest absolute Gasteiger partial charge is 0.468 e. The molecule has 0 amide bonds. The smallest absolute Gasteiger partial charge is 0.329 e. The third kappa shape index (κ3) is 1.61. The molecule has 1 saturated heterocycles. The van der Waals surface area contributed by atoms with Crippen LogP contribution in [-0.4, -0.2) is 19.0 Å². The molecule has 4 nitrogen and oxygen atoms in total. The Balaban J connectivity index is 2.53. The Morgan fingerprint density at radius 1 is 1.39 bits per heavy atom. The number of cyclic esters (lactones) is 1. The highest BCUT2D eigenvalue weighted by molar-refractivity contribution is 6.03. The van der Waals surface area contributed by atoms with Gasteiger partial charge in [-0.25, -0.2) is 0 Å². The van der Waals surface area contributed by atoms with E-state index in [1.54, 1.807) is 0 Å². The SMILES string of the molecule is C=C1OC(=O)C(C)(C(=O)OC)C1c1ccccc1. The maximum absolute atomic E-state index is 11.9. The van der Waals surface area contributed by atoms with E-state index in [1.807, 2.05) is 30.3 Å². The van der Waals surface area contributed by atoms with Crippen LogP contribution in [0.25, 0.3) is 0 Å². The number of hydrogen-bond acceptors (Lipinski definition) is 4. The number of benzene rings is 1. The molecule has 0 aliphatic carbocycles. The van der Waals surface area contributed by atoms with Crippen molar-refractivity contribution in [2.75, 3.05) is 7.11 Å². The van der Waals surface area contributed by atoms with Gasteiger partial charge in [0.1, 0.15) is 5.76 Å². The Bertz CT molecular complexity index is 506. The molecule has 1 aliphatic rings. The Morgan fingerprint density at radius 3 is 2.56 bits per heavy atom. The molecule has 0 saturated carbocycles. The Kier molecular flexibility index (Phi) is 2.95. The Hall–Kier alpha value is -2.10. The van der Waals surface area contributed by atoms with Crippen LogP contribution in [0.1, 0.15) is 18.4 Å². The topological polar surface area (TPSA) is 52.6 Å². The van der Waals surface area contributed by atoms with Crippen molar-refractivity contribution in [2.45, 2.75) is 12.8 Å². The van der Waals surface area contributed by atoms with Gasteiger partial charge in [0, 0.05) is 0 Å². The van der Waals surface area contributed by atoms with E-state index in [0.717, 1.165) is 5.56 Å². The minimum absolute atomic E-state index is 0.277. The molecule has 1 heterocycles. The fourth-order valence-electron chi connectivity index (χ4n) is 2.30. The molecule has 1 fully saturated rings. The third-order valence-corrected chi connectivity index (χ3v) is 3.29. The lowest BCUT2D eigenvalue weighted by molar-refractivity contribution is -0.161. The molecule has 0 radical (unpaired) electrons. The Labute approximate surface area is 105 Å². The van der Waals surface area contributed by atoms with Crippen molar-refractivity contribution in [3.63, 3.8) is 0 Å². The van der Waals surface area contributed by atoms with Crippen LogP contribution in [0.2, 0.25) is 0 Å². The minimum atomic E-state index is -1.37. The van der Waals surface area contributed by atoms with Gasteiger partial charge in [0.2, 0.25) is 0 Å². The van der Waals surface area contributed by atoms with Crippen molar-refractivity contribution in [3.8, 4) is 0 Å². The lowest BCUT2D eigenvalue weighted by atomic mass is 9.74. The lowest BCUT2D eigenvalue weighted by Crippen LogP contribution is -2.38. The first-order valence-electron chi connectivity index (χ1n) is 5.56. The summed E-state index contributed by atoms with van der Waals surface area (Å²) >= 11 is 0. The standard InChI is InChI=1S/C14H14O4/c1-9-11(10-7-5-4-6-8-10)14(2,12(15)17-3)13(16)18-9/h4-8,11H,1H2,2-3H3. The van der Waals surface area contributed by atoms with Gasteiger partial charge in [0.05, 0.1) is 13.0 Å². The van der Waals surface area contributed by atoms with Crippen molar-refractivity contribution in [1.29, 1.82) is 0 Å². The van der Waals surface area contributed by atoms with Crippen LogP contribution >= 0.6 is 0 Å². The normalized spacial score (nSPS) is 26.9. The van der Waals surface area contributed by atoms with E-state index < -0.39 is 23.3 Å². The number of allylic oxidation sites excluding steroid dienone is 1. The van der Waals surface area contributed by atoms with E-state index in [1.165, 1.54) is 14.0 Å². The van der Waals surface area contributed by atoms with E-state index in [9.17, 15) is 9.59 Å². The van der Waals surface area contributed by atoms with Gasteiger partial charge in [-0.3, -0.25) is 9.59 Å². The number of hydrogen-bond donors (Lipinski definition) is 0. The minimum Gasteiger partial charge on any atom is -0.468 e. The molecule has 1 aliphatic heterocycles. The maximum Gasteiger partial charge on any atom is 0.329 e. The summed E-state index contributed by atoms with van der Waals surface area (Å²) in [6.07, 6.45) is 0. The van der Waals surface area contributed by atoms with E-state index >= 15 is 0 Å². The van der Waals surface area contributed by atoms with Gasteiger partial charge in [-0.1, -0.05) is 36.9 Å². The molecular weight excluding hydrogens is 232 g/mol. The van der Waals surface area contributed by atoms with Crippen LogP contribution in [0, 0.1) is 5.41 Å². The average molecular weight is 246 g/mol. The molecule has 0 spiro atoms. The van der Waals surface area contributed by atoms with Gasteiger partial charge in [0.15, 0.2) is 5.41 Å². The highest BCUT2D eigenvalue weighted by Crippen LogP contribution is 2.48. The van der Waals surface area contributed by atoms with Crippen molar-refractivity contribution >= 4 is 11.9 Å². The molecule has 0 aromatic heterocycles. The molecule has 0 bridgehead atoms. The first-order chi connectivity index (χ1) is 8.51. The summed E-state index contributed by atoms with van der Waals surface area (Å²) < 4.78 is 9.76. The Morgan fingerprint density at radius 2 is 2.00 bits per heavy atom. The molecule has 4 heteroatoms. The molecule has 94 valence electrons. The second kappa shape index (κ2) is 4.29. The second-order valence-electron chi connectivity index (χ2n) is 4.39. The number of ether oxygens (including phenoxy) is 2. The maximum atomic E-state index is 11.9. The second-order valence-corrected chi connectivity index (χ2v) is 4.39. The number of carbonyl (C=O) groups is 2. The molecule has 2 rings (SSSR count). The fraction of sp³-hybridized carbons (Fsp3) is 0.286. The third-order valence-electron chi connectivity index (χ3n) is 3.29. The first-order valence-corrected chi connectivity index (χ1v) is 5.56. The van der Waals surface area contributed by atoms with Crippen LogP contribution in [-0.2, 0) is 19.1 Å². The van der Waals surface area contributed by atoms with Gasteiger partial charge >= 0.3 is 11.9 Å². The van der Waals surface area contributed by atoms with Crippen molar-refractivity contribution in [3.05, 3.63) is 48.2 Å². The zero-order chi connectivity index (χ0) is 13.3. The van der Waals surface area contributed by atoms with Crippen molar-refractivity contribution in [2.24, 2.45) is 5.41 Å². The zero-order valence-corrected chi connectivity index (χ0v) is 10.3. The molecule has 1 aromatic rings. The summed E-state index contributed by atoms with van der Waals surface area (Å²) in [6, 6.07) is 9.20. The van der Waals surface area contributed by atoms with Crippen LogP contribution in [0.3, 0.4) is 0 Å². The lowest BCUT2D eigenvalue weighted by Gasteiger charge is -2.23. The van der Waals surface area contributed by atoms with Gasteiger partial charge in [-0.05, 0) is 12.5 Å². The number of methoxy groups -OCH3 is 1. The predicted octanol–water partition coefficient (Wildman–Crippen LogP) is 2.02. The molecule has 1 aromatic carbocycles. The average Bonchev–Trinajstić information content (AvgIpc) is 2.61. The van der Waals surface area contributed by atoms with Gasteiger partial charge in [-0.15, -0.1) is 0 Å². The van der Waals surface area contributed by atoms with Crippen LogP contribution in [0.5, 0.6) is 0 Å². The van der Waals surface area contributed by atoms with E-state index in [4.69, 9.17) is 9.47 Å². The molecule has 2 atom stereocenters. The summed E-state index contributed by atoms with van der Waals surface area (Å²) in [5.74, 6) is -1.47. The first kappa shape index (κ1) is 12.4. The molecule has 18 heavy (non-hydrogen) atoms. The highest BCUT2D eigenvalue weighted by atomic mass is 16.6. The number of carbonyl (C=O) groups excluding carboxylic acids is 2.